The maximum atomic E-state index is 6.56. The predicted molar refractivity (Wildman–Crippen MR) is 178 cm³/mol. The third kappa shape index (κ3) is 9.25. The van der Waals surface area contributed by atoms with Crippen LogP contribution in [0.25, 0.3) is 12.2 Å². The number of hydrogen-bond donors (Lipinski definition) is 1. The quantitative estimate of drug-likeness (QED) is 0.135. The summed E-state index contributed by atoms with van der Waals surface area (Å²) in [5, 5.41) is 3.55. The topological polar surface area (TPSA) is 49.0 Å². The maximum absolute atomic E-state index is 6.56. The largest absolute Gasteiger partial charge is 0.494 e. The molecule has 1 fully saturated rings. The van der Waals surface area contributed by atoms with Gasteiger partial charge in [-0.15, -0.1) is 0 Å². The van der Waals surface area contributed by atoms with Crippen molar-refractivity contribution in [3.63, 3.8) is 0 Å². The summed E-state index contributed by atoms with van der Waals surface area (Å²) in [4.78, 5) is 0. The second kappa shape index (κ2) is 16.7. The van der Waals surface area contributed by atoms with Crippen molar-refractivity contribution in [2.45, 2.75) is 44.4 Å². The van der Waals surface area contributed by atoms with Gasteiger partial charge in [0.1, 0.15) is 5.75 Å². The number of nitrogens with one attached hydrogen (secondary N) is 1. The Morgan fingerprint density at radius 2 is 1.16 bits per heavy atom. The van der Waals surface area contributed by atoms with E-state index in [-0.39, 0.29) is 18.1 Å². The lowest BCUT2D eigenvalue weighted by Crippen LogP contribution is -2.50. The maximum Gasteiger partial charge on any atom is 0.119 e. The number of ether oxygens (including phenoxy) is 4. The molecule has 0 amide bonds. The van der Waals surface area contributed by atoms with Crippen molar-refractivity contribution in [2.24, 2.45) is 0 Å². The van der Waals surface area contributed by atoms with Crippen molar-refractivity contribution in [2.75, 3.05) is 26.3 Å². The summed E-state index contributed by atoms with van der Waals surface area (Å²) in [6.45, 7) is 12.2. The summed E-state index contributed by atoms with van der Waals surface area (Å²) in [6.07, 6.45) is 4.43. The van der Waals surface area contributed by atoms with Crippen LogP contribution in [0.1, 0.15) is 45.7 Å². The van der Waals surface area contributed by atoms with Gasteiger partial charge in [-0.1, -0.05) is 116 Å². The number of hydrogen-bond acceptors (Lipinski definition) is 5. The first-order valence-electron chi connectivity index (χ1n) is 15.4. The Morgan fingerprint density at radius 3 is 1.70 bits per heavy atom. The molecule has 0 bridgehead atoms. The fourth-order valence-electron chi connectivity index (χ4n) is 5.42. The molecule has 4 aromatic rings. The lowest BCUT2D eigenvalue weighted by atomic mass is 9.85. The summed E-state index contributed by atoms with van der Waals surface area (Å²) < 4.78 is 24.9. The summed E-state index contributed by atoms with van der Waals surface area (Å²) in [6, 6.07) is 35.3. The van der Waals surface area contributed by atoms with E-state index < -0.39 is 0 Å². The average molecular weight is 590 g/mol. The minimum Gasteiger partial charge on any atom is -0.494 e. The van der Waals surface area contributed by atoms with Gasteiger partial charge in [0.15, 0.2) is 0 Å². The first-order valence-corrected chi connectivity index (χ1v) is 15.4. The number of piperidine rings is 1. The van der Waals surface area contributed by atoms with Crippen molar-refractivity contribution in [3.05, 3.63) is 150 Å². The van der Waals surface area contributed by atoms with Gasteiger partial charge >= 0.3 is 0 Å². The highest BCUT2D eigenvalue weighted by atomic mass is 16.5. The molecule has 1 saturated heterocycles. The van der Waals surface area contributed by atoms with E-state index in [9.17, 15) is 0 Å². The zero-order valence-electron chi connectivity index (χ0n) is 25.4. The van der Waals surface area contributed by atoms with Gasteiger partial charge in [0.05, 0.1) is 45.2 Å². The first-order chi connectivity index (χ1) is 21.7. The Hall–Kier alpha value is -4.00. The molecule has 0 spiro atoms. The van der Waals surface area contributed by atoms with Crippen LogP contribution in [0.15, 0.2) is 116 Å². The second-order valence-corrected chi connectivity index (χ2v) is 11.1. The minimum absolute atomic E-state index is 0.0514. The summed E-state index contributed by atoms with van der Waals surface area (Å²) in [7, 11) is 0. The Balaban J connectivity index is 1.20. The number of rotatable bonds is 16. The van der Waals surface area contributed by atoms with Crippen LogP contribution in [-0.4, -0.2) is 38.5 Å². The van der Waals surface area contributed by atoms with Crippen LogP contribution in [-0.2, 0) is 34.0 Å². The number of benzene rings is 4. The van der Waals surface area contributed by atoms with Crippen LogP contribution in [0.2, 0.25) is 0 Å². The molecule has 4 aromatic carbocycles. The van der Waals surface area contributed by atoms with Crippen LogP contribution >= 0.6 is 0 Å². The molecule has 0 aromatic heterocycles. The molecule has 0 aliphatic carbocycles. The minimum atomic E-state index is -0.0514. The first kappa shape index (κ1) is 31.4. The van der Waals surface area contributed by atoms with E-state index in [1.54, 1.807) is 0 Å². The van der Waals surface area contributed by atoms with Gasteiger partial charge < -0.3 is 24.3 Å². The van der Waals surface area contributed by atoms with Crippen LogP contribution in [0.4, 0.5) is 0 Å². The Bertz CT molecular complexity index is 1350. The molecule has 1 aliphatic heterocycles. The highest BCUT2D eigenvalue weighted by Crippen LogP contribution is 2.32. The predicted octanol–water partition coefficient (Wildman–Crippen LogP) is 7.82. The third-order valence-electron chi connectivity index (χ3n) is 7.93. The van der Waals surface area contributed by atoms with Crippen LogP contribution in [0.5, 0.6) is 5.75 Å². The van der Waals surface area contributed by atoms with Crippen molar-refractivity contribution in [1.29, 1.82) is 0 Å². The van der Waals surface area contributed by atoms with E-state index >= 15 is 0 Å². The zero-order chi connectivity index (χ0) is 30.4. The molecule has 5 rings (SSSR count). The molecule has 0 radical (unpaired) electrons. The molecule has 5 nitrogen and oxygen atoms in total. The third-order valence-corrected chi connectivity index (χ3v) is 7.93. The van der Waals surface area contributed by atoms with E-state index in [1.807, 2.05) is 30.4 Å². The molecule has 44 heavy (non-hydrogen) atoms. The van der Waals surface area contributed by atoms with E-state index in [0.29, 0.717) is 33.0 Å². The molecule has 0 saturated carbocycles. The van der Waals surface area contributed by atoms with E-state index in [1.165, 1.54) is 11.1 Å². The van der Waals surface area contributed by atoms with Gasteiger partial charge in [-0.2, -0.15) is 0 Å². The average Bonchev–Trinajstić information content (AvgIpc) is 3.09. The molecule has 3 atom stereocenters. The van der Waals surface area contributed by atoms with Gasteiger partial charge in [-0.25, -0.2) is 0 Å². The molecule has 1 N–H and O–H groups in total. The van der Waals surface area contributed by atoms with E-state index in [4.69, 9.17) is 18.9 Å². The molecule has 228 valence electrons. The highest BCUT2D eigenvalue weighted by molar-refractivity contribution is 5.47. The normalized spacial score (nSPS) is 18.0. The standard InChI is InChI=1S/C39H43NO4/c1-3-30-11-15-33(16-12-30)28-43-37-25-40-26-38(44-29-34-17-13-31(4-2)14-18-34)39(37)35-19-21-36(22-20-35)42-24-8-23-41-27-32-9-6-5-7-10-32/h3-7,9-22,37-40H,1-2,8,23-29H2/t37-,38+,39-. The molecule has 1 aliphatic rings. The monoisotopic (exact) mass is 589 g/mol. The van der Waals surface area contributed by atoms with Gasteiger partial charge in [0.25, 0.3) is 0 Å². The smallest absolute Gasteiger partial charge is 0.119 e. The fourth-order valence-corrected chi connectivity index (χ4v) is 5.42. The summed E-state index contributed by atoms with van der Waals surface area (Å²) in [5.74, 6) is 0.918. The lowest BCUT2D eigenvalue weighted by molar-refractivity contribution is -0.0650. The SMILES string of the molecule is C=Cc1ccc(CO[C@H]2CNC[C@@H](OCc3ccc(C=C)cc3)[C@H]2c2ccc(OCCCOCc3ccccc3)cc2)cc1. The highest BCUT2D eigenvalue weighted by Gasteiger charge is 2.36. The molecule has 1 heterocycles. The van der Waals surface area contributed by atoms with Crippen LogP contribution in [0, 0.1) is 0 Å². The van der Waals surface area contributed by atoms with Gasteiger partial charge in [0.2, 0.25) is 0 Å². The van der Waals surface area contributed by atoms with E-state index in [0.717, 1.165) is 47.5 Å². The van der Waals surface area contributed by atoms with Crippen molar-refractivity contribution < 1.29 is 18.9 Å². The Kier molecular flexibility index (Phi) is 12.0. The second-order valence-electron chi connectivity index (χ2n) is 11.1. The Morgan fingerprint density at radius 1 is 0.614 bits per heavy atom. The molecular weight excluding hydrogens is 546 g/mol. The van der Waals surface area contributed by atoms with Crippen LogP contribution < -0.4 is 10.1 Å². The molecule has 0 unspecified atom stereocenters. The molecule has 5 heteroatoms. The van der Waals surface area contributed by atoms with Crippen molar-refractivity contribution >= 4 is 12.2 Å². The van der Waals surface area contributed by atoms with Crippen molar-refractivity contribution in [1.82, 2.24) is 5.32 Å². The fraction of sp³-hybridized carbons (Fsp3) is 0.282. The lowest BCUT2D eigenvalue weighted by Gasteiger charge is -2.39. The summed E-state index contributed by atoms with van der Waals surface area (Å²) in [5.41, 5.74) is 6.84. The Labute approximate surface area is 262 Å². The zero-order valence-corrected chi connectivity index (χ0v) is 25.4. The van der Waals surface area contributed by atoms with Gasteiger partial charge in [-0.3, -0.25) is 0 Å². The van der Waals surface area contributed by atoms with E-state index in [2.05, 4.69) is 103 Å². The molecular formula is C39H43NO4. The van der Waals surface area contributed by atoms with Gasteiger partial charge in [0, 0.05) is 25.4 Å². The van der Waals surface area contributed by atoms with Crippen molar-refractivity contribution in [3.8, 4) is 5.75 Å². The van der Waals surface area contributed by atoms with Gasteiger partial charge in [-0.05, 0) is 45.5 Å². The summed E-state index contributed by atoms with van der Waals surface area (Å²) >= 11 is 0. The van der Waals surface area contributed by atoms with Crippen LogP contribution in [0.3, 0.4) is 0 Å².